The minimum absolute atomic E-state index is 0.203. The lowest BCUT2D eigenvalue weighted by Gasteiger charge is -2.34. The molecule has 2 heterocycles. The van der Waals surface area contributed by atoms with Crippen molar-refractivity contribution in [2.24, 2.45) is 0 Å². The molecule has 1 saturated heterocycles. The minimum Gasteiger partial charge on any atom is -0.491 e. The van der Waals surface area contributed by atoms with Crippen LogP contribution in [0.5, 0.6) is 5.75 Å². The molecule has 2 aromatic rings. The molecule has 0 spiro atoms. The van der Waals surface area contributed by atoms with Gasteiger partial charge in [0.15, 0.2) is 5.82 Å². The van der Waals surface area contributed by atoms with E-state index in [1.165, 1.54) is 0 Å². The number of anilines is 2. The topological polar surface area (TPSA) is 112 Å². The molecular weight excluding hydrogens is 422 g/mol. The summed E-state index contributed by atoms with van der Waals surface area (Å²) in [7, 11) is 3.86. The Morgan fingerprint density at radius 3 is 2.73 bits per heavy atom. The fourth-order valence-corrected chi connectivity index (χ4v) is 4.20. The largest absolute Gasteiger partial charge is 0.491 e. The Kier molecular flexibility index (Phi) is 7.97. The van der Waals surface area contributed by atoms with Gasteiger partial charge in [-0.3, -0.25) is 0 Å². The first kappa shape index (κ1) is 23.7. The van der Waals surface area contributed by atoms with Crippen molar-refractivity contribution < 1.29 is 19.7 Å². The van der Waals surface area contributed by atoms with E-state index in [0.717, 1.165) is 56.1 Å². The second-order valence-corrected chi connectivity index (χ2v) is 8.91. The molecule has 9 heteroatoms. The summed E-state index contributed by atoms with van der Waals surface area (Å²) in [6, 6.07) is 10.2. The average molecular weight is 458 g/mol. The third-order valence-electron chi connectivity index (χ3n) is 6.25. The van der Waals surface area contributed by atoms with Crippen LogP contribution in [0.25, 0.3) is 11.4 Å². The summed E-state index contributed by atoms with van der Waals surface area (Å²) < 4.78 is 11.3. The van der Waals surface area contributed by atoms with Crippen LogP contribution in [0.15, 0.2) is 30.3 Å². The summed E-state index contributed by atoms with van der Waals surface area (Å²) in [4.78, 5) is 11.9. The molecule has 4 N–H and O–H groups in total. The van der Waals surface area contributed by atoms with Crippen LogP contribution in [-0.4, -0.2) is 84.9 Å². The van der Waals surface area contributed by atoms with Gasteiger partial charge in [0.05, 0.1) is 6.10 Å². The van der Waals surface area contributed by atoms with Crippen molar-refractivity contribution in [3.05, 3.63) is 30.3 Å². The van der Waals surface area contributed by atoms with Gasteiger partial charge in [0.1, 0.15) is 30.1 Å². The molecule has 33 heavy (non-hydrogen) atoms. The van der Waals surface area contributed by atoms with Crippen LogP contribution in [0.1, 0.15) is 25.7 Å². The Hall–Kier alpha value is -2.46. The Morgan fingerprint density at radius 1 is 1.21 bits per heavy atom. The highest BCUT2D eigenvalue weighted by Crippen LogP contribution is 2.29. The van der Waals surface area contributed by atoms with E-state index in [9.17, 15) is 10.2 Å². The molecule has 4 rings (SSSR count). The van der Waals surface area contributed by atoms with E-state index in [0.29, 0.717) is 24.2 Å². The van der Waals surface area contributed by atoms with Gasteiger partial charge in [-0.25, -0.2) is 9.97 Å². The van der Waals surface area contributed by atoms with Crippen LogP contribution in [0.3, 0.4) is 0 Å². The fourth-order valence-electron chi connectivity index (χ4n) is 4.20. The zero-order chi connectivity index (χ0) is 23.2. The number of aromatic nitrogens is 2. The second-order valence-electron chi connectivity index (χ2n) is 8.91. The average Bonchev–Trinajstić information content (AvgIpc) is 2.82. The van der Waals surface area contributed by atoms with Crippen molar-refractivity contribution >= 4 is 11.6 Å². The normalized spacial score (nSPS) is 21.8. The van der Waals surface area contributed by atoms with Crippen LogP contribution in [-0.2, 0) is 4.74 Å². The van der Waals surface area contributed by atoms with Crippen molar-refractivity contribution in [1.82, 2.24) is 15.3 Å². The minimum atomic E-state index is -0.583. The Balaban J connectivity index is 1.57. The van der Waals surface area contributed by atoms with Crippen LogP contribution in [0, 0.1) is 0 Å². The molecule has 2 fully saturated rings. The first-order valence-electron chi connectivity index (χ1n) is 11.7. The lowest BCUT2D eigenvalue weighted by atomic mass is 9.89. The Labute approximate surface area is 195 Å². The molecule has 1 aliphatic heterocycles. The molecule has 180 valence electrons. The number of aliphatic hydroxyl groups excluding tert-OH is 2. The number of likely N-dealkylation sites (N-methyl/N-ethyl adjacent to an activating group) is 1. The number of aliphatic hydroxyl groups is 2. The molecule has 0 bridgehead atoms. The van der Waals surface area contributed by atoms with Gasteiger partial charge in [0, 0.05) is 50.5 Å². The third-order valence-corrected chi connectivity index (χ3v) is 6.25. The van der Waals surface area contributed by atoms with Gasteiger partial charge >= 0.3 is 0 Å². The predicted octanol–water partition coefficient (Wildman–Crippen LogP) is 1.65. The van der Waals surface area contributed by atoms with Crippen LogP contribution in [0.4, 0.5) is 11.6 Å². The number of nitrogens with one attached hydrogen (secondary N) is 2. The second kappa shape index (κ2) is 11.1. The van der Waals surface area contributed by atoms with E-state index >= 15 is 0 Å². The molecule has 9 nitrogen and oxygen atoms in total. The highest BCUT2D eigenvalue weighted by Gasteiger charge is 2.28. The summed E-state index contributed by atoms with van der Waals surface area (Å²) in [6.07, 6.45) is 2.56. The van der Waals surface area contributed by atoms with Crippen LogP contribution < -0.4 is 20.3 Å². The Morgan fingerprint density at radius 2 is 2.00 bits per heavy atom. The van der Waals surface area contributed by atoms with Gasteiger partial charge in [-0.2, -0.15) is 0 Å². The first-order chi connectivity index (χ1) is 16.0. The predicted molar refractivity (Wildman–Crippen MR) is 128 cm³/mol. The quantitative estimate of drug-likeness (QED) is 0.423. The number of hydrogen-bond acceptors (Lipinski definition) is 9. The lowest BCUT2D eigenvalue weighted by molar-refractivity contribution is 0.0835. The summed E-state index contributed by atoms with van der Waals surface area (Å²) in [5.41, 5.74) is 0.842. The van der Waals surface area contributed by atoms with Gasteiger partial charge in [-0.1, -0.05) is 12.1 Å². The molecular formula is C24H35N5O4. The number of hydrogen-bond donors (Lipinski definition) is 4. The maximum atomic E-state index is 9.93. The summed E-state index contributed by atoms with van der Waals surface area (Å²) >= 11 is 0. The first-order valence-corrected chi connectivity index (χ1v) is 11.7. The zero-order valence-electron chi connectivity index (χ0n) is 19.4. The monoisotopic (exact) mass is 457 g/mol. The van der Waals surface area contributed by atoms with E-state index in [2.05, 4.69) is 22.6 Å². The van der Waals surface area contributed by atoms with Crippen molar-refractivity contribution in [2.75, 3.05) is 50.7 Å². The van der Waals surface area contributed by atoms with Gasteiger partial charge < -0.3 is 35.2 Å². The Bertz CT molecular complexity index is 902. The van der Waals surface area contributed by atoms with Crippen molar-refractivity contribution in [1.29, 1.82) is 0 Å². The maximum absolute atomic E-state index is 9.93. The SMILES string of the molecule is CNCC(O)COc1cccc(-c2nc(N[C@H]3C[C@@H](O)C3)cc(N(C)C3CCOCC3)n2)c1. The van der Waals surface area contributed by atoms with Gasteiger partial charge in [0.25, 0.3) is 0 Å². The molecule has 0 radical (unpaired) electrons. The zero-order valence-corrected chi connectivity index (χ0v) is 19.4. The van der Waals surface area contributed by atoms with Crippen molar-refractivity contribution in [3.8, 4) is 17.1 Å². The van der Waals surface area contributed by atoms with Gasteiger partial charge in [0.2, 0.25) is 0 Å². The molecule has 1 aromatic carbocycles. The van der Waals surface area contributed by atoms with E-state index in [1.807, 2.05) is 30.3 Å². The summed E-state index contributed by atoms with van der Waals surface area (Å²) in [6.45, 7) is 2.19. The summed E-state index contributed by atoms with van der Waals surface area (Å²) in [5.74, 6) is 2.87. The molecule has 1 aromatic heterocycles. The van der Waals surface area contributed by atoms with Crippen LogP contribution in [0.2, 0.25) is 0 Å². The molecule has 1 atom stereocenters. The number of ether oxygens (including phenoxy) is 2. The van der Waals surface area contributed by atoms with Crippen molar-refractivity contribution in [3.63, 3.8) is 0 Å². The fraction of sp³-hybridized carbons (Fsp3) is 0.583. The molecule has 1 unspecified atom stereocenters. The molecule has 2 aliphatic rings. The van der Waals surface area contributed by atoms with Crippen molar-refractivity contribution in [2.45, 2.75) is 50.0 Å². The highest BCUT2D eigenvalue weighted by molar-refractivity contribution is 5.63. The number of rotatable bonds is 10. The molecule has 1 aliphatic carbocycles. The third kappa shape index (κ3) is 6.32. The van der Waals surface area contributed by atoms with E-state index in [4.69, 9.17) is 19.4 Å². The number of benzene rings is 1. The molecule has 1 saturated carbocycles. The van der Waals surface area contributed by atoms with Crippen LogP contribution >= 0.6 is 0 Å². The maximum Gasteiger partial charge on any atom is 0.163 e. The highest BCUT2D eigenvalue weighted by atomic mass is 16.5. The van der Waals surface area contributed by atoms with Gasteiger partial charge in [-0.05, 0) is 44.9 Å². The summed E-state index contributed by atoms with van der Waals surface area (Å²) in [5, 5.41) is 26.0. The van der Waals surface area contributed by atoms with E-state index < -0.39 is 6.10 Å². The number of nitrogens with zero attached hydrogens (tertiary/aromatic N) is 3. The molecule has 0 amide bonds. The van der Waals surface area contributed by atoms with E-state index in [1.54, 1.807) is 7.05 Å². The standard InChI is InChI=1S/C24H35N5O4/c1-25-14-20(31)15-33-21-5-3-4-16(10-21)24-27-22(26-17-11-19(30)12-17)13-23(28-24)29(2)18-6-8-32-9-7-18/h3-5,10,13,17-20,25,30-31H,6-9,11-12,14-15H2,1-2H3,(H,26,27,28)/t17-,19+,20?. The smallest absolute Gasteiger partial charge is 0.163 e. The lowest BCUT2D eigenvalue weighted by Crippen LogP contribution is -2.39. The van der Waals surface area contributed by atoms with Gasteiger partial charge in [-0.15, -0.1) is 0 Å². The van der Waals surface area contributed by atoms with E-state index in [-0.39, 0.29) is 18.8 Å².